The van der Waals surface area contributed by atoms with Crippen LogP contribution in [0.3, 0.4) is 0 Å². The van der Waals surface area contributed by atoms with Gasteiger partial charge in [0.2, 0.25) is 5.91 Å². The molecule has 2 N–H and O–H groups in total. The second kappa shape index (κ2) is 5.62. The highest BCUT2D eigenvalue weighted by Gasteiger charge is 2.32. The van der Waals surface area contributed by atoms with Gasteiger partial charge in [0.15, 0.2) is 5.13 Å². The fourth-order valence-electron chi connectivity index (χ4n) is 3.20. The standard InChI is InChI=1S/C17H17N3OS2/c1-3-18-17-20-16-15(23-17)11(8-13(21)19-16)14-9(2)22-12-7-5-4-6-10(12)14/h4-7,11H,3,8H2,1-2H3,(H,18,20)(H,19,21)/t11-/m0/s1. The summed E-state index contributed by atoms with van der Waals surface area (Å²) in [5.41, 5.74) is 1.29. The number of carbonyl (C=O) groups excluding carboxylic acids is 1. The first kappa shape index (κ1) is 14.7. The van der Waals surface area contributed by atoms with Crippen LogP contribution in [-0.2, 0) is 4.79 Å². The van der Waals surface area contributed by atoms with E-state index in [0.717, 1.165) is 22.4 Å². The van der Waals surface area contributed by atoms with Gasteiger partial charge in [-0.05, 0) is 30.9 Å². The first-order valence-corrected chi connectivity index (χ1v) is 9.33. The topological polar surface area (TPSA) is 54.0 Å². The highest BCUT2D eigenvalue weighted by atomic mass is 32.1. The molecule has 0 fully saturated rings. The molecule has 118 valence electrons. The molecule has 0 bridgehead atoms. The van der Waals surface area contributed by atoms with Crippen molar-refractivity contribution in [2.45, 2.75) is 26.2 Å². The van der Waals surface area contributed by atoms with Crippen LogP contribution < -0.4 is 10.6 Å². The minimum atomic E-state index is 0.0468. The van der Waals surface area contributed by atoms with Gasteiger partial charge in [0, 0.05) is 28.5 Å². The van der Waals surface area contributed by atoms with Crippen LogP contribution in [0.4, 0.5) is 10.9 Å². The van der Waals surface area contributed by atoms with E-state index >= 15 is 0 Å². The molecule has 4 nitrogen and oxygen atoms in total. The number of thiophene rings is 1. The summed E-state index contributed by atoms with van der Waals surface area (Å²) in [6.45, 7) is 5.02. The Balaban J connectivity index is 1.88. The van der Waals surface area contributed by atoms with Gasteiger partial charge in [-0.2, -0.15) is 0 Å². The molecule has 1 amide bonds. The number of rotatable bonds is 3. The number of amides is 1. The van der Waals surface area contributed by atoms with Gasteiger partial charge in [-0.3, -0.25) is 4.79 Å². The summed E-state index contributed by atoms with van der Waals surface area (Å²) in [6.07, 6.45) is 0.488. The van der Waals surface area contributed by atoms with Gasteiger partial charge in [0.1, 0.15) is 5.82 Å². The predicted molar refractivity (Wildman–Crippen MR) is 97.9 cm³/mol. The average molecular weight is 343 g/mol. The lowest BCUT2D eigenvalue weighted by atomic mass is 9.89. The van der Waals surface area contributed by atoms with E-state index in [1.807, 2.05) is 6.92 Å². The first-order valence-electron chi connectivity index (χ1n) is 7.69. The van der Waals surface area contributed by atoms with Crippen molar-refractivity contribution in [1.29, 1.82) is 0 Å². The Kier molecular flexibility index (Phi) is 3.58. The molecule has 1 aromatic carbocycles. The van der Waals surface area contributed by atoms with Crippen molar-refractivity contribution in [2.24, 2.45) is 0 Å². The van der Waals surface area contributed by atoms with Gasteiger partial charge in [-0.1, -0.05) is 29.5 Å². The minimum absolute atomic E-state index is 0.0468. The molecule has 2 aromatic heterocycles. The maximum atomic E-state index is 12.2. The van der Waals surface area contributed by atoms with Crippen molar-refractivity contribution in [1.82, 2.24) is 4.98 Å². The minimum Gasteiger partial charge on any atom is -0.362 e. The fourth-order valence-corrected chi connectivity index (χ4v) is 5.42. The largest absolute Gasteiger partial charge is 0.362 e. The third-order valence-electron chi connectivity index (χ3n) is 4.11. The van der Waals surface area contributed by atoms with Crippen LogP contribution in [0.25, 0.3) is 10.1 Å². The number of anilines is 2. The smallest absolute Gasteiger partial charge is 0.226 e. The summed E-state index contributed by atoms with van der Waals surface area (Å²) in [7, 11) is 0. The summed E-state index contributed by atoms with van der Waals surface area (Å²) in [5.74, 6) is 0.868. The molecule has 3 aromatic rings. The van der Waals surface area contributed by atoms with Crippen LogP contribution in [-0.4, -0.2) is 17.4 Å². The van der Waals surface area contributed by atoms with Crippen LogP contribution in [0.1, 0.15) is 34.6 Å². The molecule has 4 rings (SSSR count). The Morgan fingerprint density at radius 2 is 2.17 bits per heavy atom. The summed E-state index contributed by atoms with van der Waals surface area (Å²) >= 11 is 3.46. The molecular weight excluding hydrogens is 326 g/mol. The molecule has 0 radical (unpaired) electrons. The molecule has 0 saturated heterocycles. The molecule has 0 unspecified atom stereocenters. The van der Waals surface area contributed by atoms with Gasteiger partial charge >= 0.3 is 0 Å². The Bertz CT molecular complexity index is 897. The first-order chi connectivity index (χ1) is 11.2. The van der Waals surface area contributed by atoms with Crippen molar-refractivity contribution >= 4 is 49.6 Å². The molecule has 1 aliphatic rings. The van der Waals surface area contributed by atoms with Crippen molar-refractivity contribution in [3.8, 4) is 0 Å². The van der Waals surface area contributed by atoms with Crippen LogP contribution in [0.5, 0.6) is 0 Å². The predicted octanol–water partition coefficient (Wildman–Crippen LogP) is 4.57. The van der Waals surface area contributed by atoms with Crippen LogP contribution in [0.15, 0.2) is 24.3 Å². The van der Waals surface area contributed by atoms with Crippen molar-refractivity contribution < 1.29 is 4.79 Å². The van der Waals surface area contributed by atoms with E-state index in [2.05, 4.69) is 46.8 Å². The Morgan fingerprint density at radius 1 is 1.35 bits per heavy atom. The number of thiazole rings is 1. The van der Waals surface area contributed by atoms with Gasteiger partial charge in [0.05, 0.1) is 4.88 Å². The third-order valence-corrected chi connectivity index (χ3v) is 6.34. The van der Waals surface area contributed by atoms with E-state index in [0.29, 0.717) is 6.42 Å². The van der Waals surface area contributed by atoms with E-state index in [4.69, 9.17) is 0 Å². The van der Waals surface area contributed by atoms with E-state index in [-0.39, 0.29) is 11.8 Å². The number of aryl methyl sites for hydroxylation is 1. The van der Waals surface area contributed by atoms with Gasteiger partial charge < -0.3 is 10.6 Å². The normalized spacial score (nSPS) is 17.1. The number of carbonyl (C=O) groups is 1. The van der Waals surface area contributed by atoms with E-state index in [1.54, 1.807) is 22.7 Å². The van der Waals surface area contributed by atoms with Gasteiger partial charge in [-0.15, -0.1) is 11.3 Å². The zero-order chi connectivity index (χ0) is 16.0. The number of hydrogen-bond donors (Lipinski definition) is 2. The number of benzene rings is 1. The highest BCUT2D eigenvalue weighted by molar-refractivity contribution is 7.19. The number of hydrogen-bond acceptors (Lipinski definition) is 5. The molecule has 3 heterocycles. The highest BCUT2D eigenvalue weighted by Crippen LogP contribution is 2.47. The van der Waals surface area contributed by atoms with Crippen molar-refractivity contribution in [3.05, 3.63) is 39.6 Å². The van der Waals surface area contributed by atoms with Gasteiger partial charge in [0.25, 0.3) is 0 Å². The second-order valence-electron chi connectivity index (χ2n) is 5.64. The number of nitrogens with zero attached hydrogens (tertiary/aromatic N) is 1. The summed E-state index contributed by atoms with van der Waals surface area (Å²) in [5, 5.41) is 8.32. The van der Waals surface area contributed by atoms with Crippen LogP contribution in [0.2, 0.25) is 0 Å². The molecule has 0 aliphatic carbocycles. The number of nitrogens with one attached hydrogen (secondary N) is 2. The summed E-state index contributed by atoms with van der Waals surface area (Å²) in [4.78, 5) is 19.2. The van der Waals surface area contributed by atoms with E-state index in [9.17, 15) is 4.79 Å². The average Bonchev–Trinajstić information content (AvgIpc) is 3.06. The lowest BCUT2D eigenvalue weighted by molar-refractivity contribution is -0.116. The molecule has 1 atom stereocenters. The van der Waals surface area contributed by atoms with E-state index in [1.165, 1.54) is 20.5 Å². The zero-order valence-corrected chi connectivity index (χ0v) is 14.6. The maximum absolute atomic E-state index is 12.2. The van der Waals surface area contributed by atoms with Crippen molar-refractivity contribution in [3.63, 3.8) is 0 Å². The molecule has 6 heteroatoms. The fraction of sp³-hybridized carbons (Fsp3) is 0.294. The second-order valence-corrected chi connectivity index (χ2v) is 7.92. The van der Waals surface area contributed by atoms with Crippen LogP contribution >= 0.6 is 22.7 Å². The Morgan fingerprint density at radius 3 is 3.00 bits per heavy atom. The number of fused-ring (bicyclic) bond motifs is 2. The molecule has 1 aliphatic heterocycles. The Labute approximate surface area is 142 Å². The maximum Gasteiger partial charge on any atom is 0.226 e. The third kappa shape index (κ3) is 2.42. The Hall–Kier alpha value is -1.92. The molecule has 23 heavy (non-hydrogen) atoms. The lowest BCUT2D eigenvalue weighted by Gasteiger charge is -2.22. The van der Waals surface area contributed by atoms with Crippen LogP contribution in [0, 0.1) is 6.92 Å². The van der Waals surface area contributed by atoms with Gasteiger partial charge in [-0.25, -0.2) is 4.98 Å². The summed E-state index contributed by atoms with van der Waals surface area (Å²) in [6, 6.07) is 8.44. The van der Waals surface area contributed by atoms with Crippen molar-refractivity contribution in [2.75, 3.05) is 17.2 Å². The summed E-state index contributed by atoms with van der Waals surface area (Å²) < 4.78 is 1.28. The molecule has 0 saturated carbocycles. The monoisotopic (exact) mass is 343 g/mol. The lowest BCUT2D eigenvalue weighted by Crippen LogP contribution is -2.22. The zero-order valence-electron chi connectivity index (χ0n) is 13.0. The quantitative estimate of drug-likeness (QED) is 0.732. The molecule has 0 spiro atoms. The molecular formula is C17H17N3OS2. The number of aromatic nitrogens is 1. The van der Waals surface area contributed by atoms with E-state index < -0.39 is 0 Å². The SMILES string of the molecule is CCNc1nc2c(s1)[C@H](c1c(C)sc3ccccc13)CC(=O)N2.